The van der Waals surface area contributed by atoms with Crippen LogP contribution >= 0.6 is 7.92 Å². The van der Waals surface area contributed by atoms with Gasteiger partial charge in [0.2, 0.25) is 0 Å². The first kappa shape index (κ1) is 37.5. The standard InChI is InChI=1S/C18H15P.C8H7N.2C7H8S.Pd/c1-4-10-16(11-5-1)19(17-12-6-2-7-13-17)18-14-8-3-9-15-18;1-7-3-5-8(9-2)6-4-7;2*1-6-2-4-7(8)5-3-6;/h1-15H;3-6H,1H3;2*2-5,8H,1H3;/q;;;;+2/p-2. The summed E-state index contributed by atoms with van der Waals surface area (Å²) in [7, 11) is -0.446. The molecule has 0 unspecified atom stereocenters. The monoisotopic (exact) mass is 731 g/mol. The molecule has 0 fully saturated rings. The molecule has 0 saturated carbocycles. The van der Waals surface area contributed by atoms with Crippen molar-refractivity contribution < 1.29 is 20.4 Å². The van der Waals surface area contributed by atoms with Gasteiger partial charge in [-0.05, 0) is 44.6 Å². The number of hydrogen-bond donors (Lipinski definition) is 0. The number of hydrogen-bond acceptors (Lipinski definition) is 2. The first-order chi connectivity index (χ1) is 21.4. The van der Waals surface area contributed by atoms with Gasteiger partial charge in [0.1, 0.15) is 0 Å². The molecule has 0 aliphatic rings. The molecule has 0 aromatic heterocycles. The number of benzene rings is 6. The summed E-state index contributed by atoms with van der Waals surface area (Å²) in [4.78, 5) is 5.09. The summed E-state index contributed by atoms with van der Waals surface area (Å²) in [6.07, 6.45) is 0. The minimum absolute atomic E-state index is 0. The molecule has 0 spiro atoms. The van der Waals surface area contributed by atoms with Crippen LogP contribution in [0, 0.1) is 27.3 Å². The minimum Gasteiger partial charge on any atom is -0.780 e. The zero-order valence-electron chi connectivity index (χ0n) is 25.6. The molecule has 5 heteroatoms. The van der Waals surface area contributed by atoms with E-state index in [2.05, 4.69) is 110 Å². The van der Waals surface area contributed by atoms with Crippen LogP contribution in [0.25, 0.3) is 4.85 Å². The molecule has 0 radical (unpaired) electrons. The van der Waals surface area contributed by atoms with Crippen molar-refractivity contribution in [3.63, 3.8) is 0 Å². The first-order valence-corrected chi connectivity index (χ1v) is 16.4. The van der Waals surface area contributed by atoms with Gasteiger partial charge < -0.3 is 25.3 Å². The average molecular weight is 732 g/mol. The molecule has 0 aliphatic carbocycles. The summed E-state index contributed by atoms with van der Waals surface area (Å²) in [6.45, 7) is 12.7. The van der Waals surface area contributed by atoms with E-state index in [1.807, 2.05) is 79.7 Å². The van der Waals surface area contributed by atoms with E-state index >= 15 is 0 Å². The van der Waals surface area contributed by atoms with Gasteiger partial charge in [0.05, 0.1) is 6.57 Å². The van der Waals surface area contributed by atoms with E-state index in [0.717, 1.165) is 9.79 Å². The summed E-state index contributed by atoms with van der Waals surface area (Å²) in [5.74, 6) is 0. The van der Waals surface area contributed by atoms with Crippen LogP contribution in [0.3, 0.4) is 0 Å². The molecule has 0 amide bonds. The van der Waals surface area contributed by atoms with Gasteiger partial charge in [-0.15, -0.1) is 0 Å². The predicted molar refractivity (Wildman–Crippen MR) is 196 cm³/mol. The zero-order chi connectivity index (χ0) is 31.6. The molecule has 6 aromatic carbocycles. The summed E-state index contributed by atoms with van der Waals surface area (Å²) in [6, 6.07) is 55.7. The van der Waals surface area contributed by atoms with E-state index in [0.29, 0.717) is 5.69 Å². The number of rotatable bonds is 3. The maximum absolute atomic E-state index is 6.64. The summed E-state index contributed by atoms with van der Waals surface area (Å²) >= 11 is 9.74. The second kappa shape index (κ2) is 21.1. The number of aryl methyl sites for hydroxylation is 3. The maximum Gasteiger partial charge on any atom is 2.00 e. The third kappa shape index (κ3) is 14.3. The van der Waals surface area contributed by atoms with E-state index in [1.165, 1.54) is 32.6 Å². The van der Waals surface area contributed by atoms with Gasteiger partial charge in [-0.2, -0.15) is 9.79 Å². The van der Waals surface area contributed by atoms with E-state index < -0.39 is 7.92 Å². The van der Waals surface area contributed by atoms with Crippen LogP contribution in [0.5, 0.6) is 0 Å². The SMILES string of the molecule is Cc1ccc([S-])cc1.Cc1ccc([S-])cc1.[C-]#[N+]c1ccc(C)cc1.[Pd+2].c1ccc(P(c2ccccc2)c2ccccc2)cc1. The van der Waals surface area contributed by atoms with Crippen molar-refractivity contribution in [1.82, 2.24) is 0 Å². The Bertz CT molecular complexity index is 1490. The fourth-order valence-corrected chi connectivity index (χ4v) is 6.45. The van der Waals surface area contributed by atoms with Crippen LogP contribution in [-0.4, -0.2) is 0 Å². The average Bonchev–Trinajstić information content (AvgIpc) is 3.07. The molecule has 0 aliphatic heterocycles. The van der Waals surface area contributed by atoms with Crippen molar-refractivity contribution in [2.24, 2.45) is 0 Å². The maximum atomic E-state index is 6.64. The summed E-state index contributed by atoms with van der Waals surface area (Å²) in [5, 5.41) is 4.19. The molecule has 6 aromatic rings. The van der Waals surface area contributed by atoms with Gasteiger partial charge in [-0.25, -0.2) is 4.85 Å². The Kier molecular flexibility index (Phi) is 17.6. The quantitative estimate of drug-likeness (QED) is 0.0773. The van der Waals surface area contributed by atoms with Gasteiger partial charge in [0, 0.05) is 0 Å². The second-order valence-corrected chi connectivity index (χ2v) is 13.1. The molecule has 0 atom stereocenters. The minimum atomic E-state index is -0.446. The molecular formula is C40H36NPPdS2. The topological polar surface area (TPSA) is 4.36 Å². The van der Waals surface area contributed by atoms with Gasteiger partial charge in [-0.1, -0.05) is 180 Å². The third-order valence-corrected chi connectivity index (χ3v) is 9.24. The summed E-state index contributed by atoms with van der Waals surface area (Å²) < 4.78 is 0. The summed E-state index contributed by atoms with van der Waals surface area (Å²) in [5.41, 5.74) is 4.43. The Morgan fingerprint density at radius 1 is 0.422 bits per heavy atom. The molecule has 0 N–H and O–H groups in total. The van der Waals surface area contributed by atoms with E-state index in [-0.39, 0.29) is 20.4 Å². The molecule has 1 nitrogen and oxygen atoms in total. The van der Waals surface area contributed by atoms with Gasteiger partial charge in [0.15, 0.2) is 5.69 Å². The molecule has 228 valence electrons. The first-order valence-electron chi connectivity index (χ1n) is 14.2. The third-order valence-electron chi connectivity index (χ3n) is 6.25. The van der Waals surface area contributed by atoms with Crippen LogP contribution < -0.4 is 15.9 Å². The second-order valence-electron chi connectivity index (χ2n) is 9.92. The smallest absolute Gasteiger partial charge is 0.780 e. The van der Waals surface area contributed by atoms with Crippen LogP contribution in [0.4, 0.5) is 5.69 Å². The van der Waals surface area contributed by atoms with E-state index in [4.69, 9.17) is 31.8 Å². The largest absolute Gasteiger partial charge is 2.00 e. The van der Waals surface area contributed by atoms with Crippen molar-refractivity contribution in [2.75, 3.05) is 0 Å². The molecule has 0 heterocycles. The fourth-order valence-electron chi connectivity index (χ4n) is 3.87. The van der Waals surface area contributed by atoms with Crippen molar-refractivity contribution in [2.45, 2.75) is 30.6 Å². The predicted octanol–water partition coefficient (Wildman–Crippen LogP) is 9.79. The Balaban J connectivity index is 0.000000228. The van der Waals surface area contributed by atoms with Crippen LogP contribution in [0.2, 0.25) is 0 Å². The van der Waals surface area contributed by atoms with Gasteiger partial charge in [0.25, 0.3) is 0 Å². The molecule has 6 rings (SSSR count). The molecular weight excluding hydrogens is 696 g/mol. The van der Waals surface area contributed by atoms with Crippen molar-refractivity contribution in [3.05, 3.63) is 192 Å². The molecule has 45 heavy (non-hydrogen) atoms. The van der Waals surface area contributed by atoms with E-state index in [1.54, 1.807) is 0 Å². The van der Waals surface area contributed by atoms with Crippen molar-refractivity contribution >= 4 is 54.8 Å². The van der Waals surface area contributed by atoms with Crippen molar-refractivity contribution in [3.8, 4) is 0 Å². The van der Waals surface area contributed by atoms with Gasteiger partial charge >= 0.3 is 20.4 Å². The van der Waals surface area contributed by atoms with Gasteiger partial charge in [-0.3, -0.25) is 0 Å². The van der Waals surface area contributed by atoms with Crippen LogP contribution in [-0.2, 0) is 45.7 Å². The molecule has 0 bridgehead atoms. The Morgan fingerprint density at radius 3 is 0.933 bits per heavy atom. The van der Waals surface area contributed by atoms with Crippen molar-refractivity contribution in [1.29, 1.82) is 0 Å². The zero-order valence-corrected chi connectivity index (χ0v) is 29.7. The van der Waals surface area contributed by atoms with Crippen LogP contribution in [0.1, 0.15) is 16.7 Å². The number of nitrogens with zero attached hydrogens (tertiary/aromatic N) is 1. The molecule has 0 saturated heterocycles. The van der Waals surface area contributed by atoms with Crippen LogP contribution in [0.15, 0.2) is 174 Å². The fraction of sp³-hybridized carbons (Fsp3) is 0.0750. The van der Waals surface area contributed by atoms with E-state index in [9.17, 15) is 0 Å². The Hall–Kier alpha value is -3.66. The Morgan fingerprint density at radius 2 is 0.689 bits per heavy atom. The normalized spacial score (nSPS) is 9.40. The Labute approximate surface area is 295 Å².